The molecule has 134 valence electrons. The van der Waals surface area contributed by atoms with Gasteiger partial charge in [0.15, 0.2) is 6.71 Å². The van der Waals surface area contributed by atoms with E-state index < -0.39 is 0 Å². The van der Waals surface area contributed by atoms with Gasteiger partial charge in [0.1, 0.15) is 0 Å². The minimum absolute atomic E-state index is 0.0428. The molecule has 0 radical (unpaired) electrons. The predicted molar refractivity (Wildman–Crippen MR) is 113 cm³/mol. The maximum atomic E-state index is 12.3. The SMILES string of the molecule is CB(CC(C)(C)C(C)(C)C)c1cc(NC(=O)c2ccsc2)ccc1C. The Bertz CT molecular complexity index is 729. The fourth-order valence-electron chi connectivity index (χ4n) is 3.03. The van der Waals surface area contributed by atoms with E-state index in [1.807, 2.05) is 22.9 Å². The second kappa shape index (κ2) is 7.37. The number of hydrogen-bond acceptors (Lipinski definition) is 2. The summed E-state index contributed by atoms with van der Waals surface area (Å²) < 4.78 is 0. The third-order valence-corrected chi connectivity index (χ3v) is 6.38. The Morgan fingerprint density at radius 1 is 1.16 bits per heavy atom. The average Bonchev–Trinajstić information content (AvgIpc) is 3.01. The van der Waals surface area contributed by atoms with Crippen LogP contribution in [0.4, 0.5) is 5.69 Å². The topological polar surface area (TPSA) is 29.1 Å². The van der Waals surface area contributed by atoms with E-state index in [-0.39, 0.29) is 16.7 Å². The third-order valence-electron chi connectivity index (χ3n) is 5.70. The van der Waals surface area contributed by atoms with Crippen LogP contribution in [-0.4, -0.2) is 12.6 Å². The number of carbonyl (C=O) groups excluding carboxylic acids is 1. The number of hydrogen-bond donors (Lipinski definition) is 1. The van der Waals surface area contributed by atoms with Gasteiger partial charge in [-0.3, -0.25) is 4.79 Å². The zero-order valence-corrected chi connectivity index (χ0v) is 17.4. The van der Waals surface area contributed by atoms with Crippen LogP contribution in [0.2, 0.25) is 13.1 Å². The molecule has 1 aromatic carbocycles. The van der Waals surface area contributed by atoms with Crippen molar-refractivity contribution in [3.8, 4) is 0 Å². The normalized spacial score (nSPS) is 12.1. The average molecular weight is 355 g/mol. The predicted octanol–water partition coefficient (Wildman–Crippen LogP) is 5.71. The van der Waals surface area contributed by atoms with E-state index in [9.17, 15) is 4.79 Å². The number of nitrogens with one attached hydrogen (secondary N) is 1. The van der Waals surface area contributed by atoms with Crippen LogP contribution in [0.25, 0.3) is 0 Å². The summed E-state index contributed by atoms with van der Waals surface area (Å²) >= 11 is 1.54. The van der Waals surface area contributed by atoms with Crippen molar-refractivity contribution in [3.05, 3.63) is 46.2 Å². The molecular weight excluding hydrogens is 325 g/mol. The molecule has 0 saturated heterocycles. The van der Waals surface area contributed by atoms with E-state index >= 15 is 0 Å². The van der Waals surface area contributed by atoms with E-state index in [0.717, 1.165) is 12.0 Å². The minimum Gasteiger partial charge on any atom is -0.322 e. The smallest absolute Gasteiger partial charge is 0.256 e. The first kappa shape index (κ1) is 19.8. The lowest BCUT2D eigenvalue weighted by Gasteiger charge is -2.40. The molecule has 2 aromatic rings. The van der Waals surface area contributed by atoms with Crippen LogP contribution in [-0.2, 0) is 0 Å². The number of rotatable bonds is 5. The van der Waals surface area contributed by atoms with E-state index in [1.54, 1.807) is 0 Å². The molecule has 0 aliphatic carbocycles. The minimum atomic E-state index is -0.0428. The maximum Gasteiger partial charge on any atom is 0.256 e. The highest BCUT2D eigenvalue weighted by Crippen LogP contribution is 2.42. The van der Waals surface area contributed by atoms with Gasteiger partial charge in [-0.2, -0.15) is 11.3 Å². The van der Waals surface area contributed by atoms with Crippen molar-refractivity contribution in [2.24, 2.45) is 10.8 Å². The summed E-state index contributed by atoms with van der Waals surface area (Å²) in [6.07, 6.45) is 1.11. The van der Waals surface area contributed by atoms with Crippen molar-refractivity contribution >= 4 is 35.1 Å². The first-order chi connectivity index (χ1) is 11.5. The molecule has 1 aromatic heterocycles. The fourth-order valence-corrected chi connectivity index (χ4v) is 3.66. The molecule has 1 amide bonds. The van der Waals surface area contributed by atoms with Gasteiger partial charge in [-0.25, -0.2) is 0 Å². The van der Waals surface area contributed by atoms with Crippen molar-refractivity contribution in [3.63, 3.8) is 0 Å². The molecule has 2 rings (SSSR count). The number of carbonyl (C=O) groups is 1. The van der Waals surface area contributed by atoms with Gasteiger partial charge < -0.3 is 5.32 Å². The molecule has 0 fully saturated rings. The maximum absolute atomic E-state index is 12.3. The molecule has 0 aliphatic heterocycles. The van der Waals surface area contributed by atoms with Gasteiger partial charge in [0.25, 0.3) is 5.91 Å². The van der Waals surface area contributed by atoms with E-state index in [2.05, 4.69) is 65.8 Å². The molecule has 0 bridgehead atoms. The summed E-state index contributed by atoms with van der Waals surface area (Å²) in [4.78, 5) is 12.3. The van der Waals surface area contributed by atoms with Gasteiger partial charge in [0, 0.05) is 11.1 Å². The molecule has 1 heterocycles. The van der Waals surface area contributed by atoms with Gasteiger partial charge in [-0.15, -0.1) is 0 Å². The molecule has 0 saturated carbocycles. The van der Waals surface area contributed by atoms with Crippen LogP contribution < -0.4 is 10.8 Å². The van der Waals surface area contributed by atoms with Gasteiger partial charge in [-0.05, 0) is 41.3 Å². The highest BCUT2D eigenvalue weighted by atomic mass is 32.1. The van der Waals surface area contributed by atoms with Crippen molar-refractivity contribution in [1.82, 2.24) is 0 Å². The fraction of sp³-hybridized carbons (Fsp3) is 0.476. The lowest BCUT2D eigenvalue weighted by atomic mass is 9.38. The van der Waals surface area contributed by atoms with Crippen LogP contribution in [0.3, 0.4) is 0 Å². The number of benzene rings is 1. The second-order valence-corrected chi connectivity index (χ2v) is 9.56. The summed E-state index contributed by atoms with van der Waals surface area (Å²) in [6.45, 7) is 16.5. The van der Waals surface area contributed by atoms with Crippen LogP contribution in [0, 0.1) is 17.8 Å². The van der Waals surface area contributed by atoms with Crippen LogP contribution in [0.5, 0.6) is 0 Å². The third kappa shape index (κ3) is 4.75. The highest BCUT2D eigenvalue weighted by molar-refractivity contribution is 7.08. The molecule has 0 spiro atoms. The summed E-state index contributed by atoms with van der Waals surface area (Å²) in [5.74, 6) is -0.0428. The summed E-state index contributed by atoms with van der Waals surface area (Å²) in [5.41, 5.74) is 4.67. The number of aryl methyl sites for hydroxylation is 1. The lowest BCUT2D eigenvalue weighted by Crippen LogP contribution is -2.39. The molecule has 0 atom stereocenters. The Balaban J connectivity index is 2.19. The Morgan fingerprint density at radius 2 is 1.84 bits per heavy atom. The van der Waals surface area contributed by atoms with Gasteiger partial charge in [-0.1, -0.05) is 64.9 Å². The zero-order chi connectivity index (χ0) is 18.8. The highest BCUT2D eigenvalue weighted by Gasteiger charge is 2.35. The number of amides is 1. The largest absolute Gasteiger partial charge is 0.322 e. The van der Waals surface area contributed by atoms with E-state index in [0.29, 0.717) is 12.3 Å². The summed E-state index contributed by atoms with van der Waals surface area (Å²) in [6, 6.07) is 8.09. The van der Waals surface area contributed by atoms with Gasteiger partial charge in [0.2, 0.25) is 0 Å². The van der Waals surface area contributed by atoms with Crippen molar-refractivity contribution < 1.29 is 4.79 Å². The lowest BCUT2D eigenvalue weighted by molar-refractivity contribution is 0.102. The molecule has 2 nitrogen and oxygen atoms in total. The first-order valence-corrected chi connectivity index (χ1v) is 9.89. The van der Waals surface area contributed by atoms with Crippen LogP contribution in [0.1, 0.15) is 50.5 Å². The standard InChI is InChI=1S/C21H30BNOS/c1-15-8-9-17(23-19(24)16-10-11-25-13-16)12-18(15)22(7)14-21(5,6)20(2,3)4/h8-13H,14H2,1-7H3,(H,23,24). The second-order valence-electron chi connectivity index (χ2n) is 8.78. The number of thiophene rings is 1. The monoisotopic (exact) mass is 355 g/mol. The van der Waals surface area contributed by atoms with Gasteiger partial charge >= 0.3 is 0 Å². The van der Waals surface area contributed by atoms with Crippen molar-refractivity contribution in [1.29, 1.82) is 0 Å². The summed E-state index contributed by atoms with van der Waals surface area (Å²) in [5, 5.41) is 6.82. The molecule has 1 N–H and O–H groups in total. The molecular formula is C21H30BNOS. The zero-order valence-electron chi connectivity index (χ0n) is 16.6. The van der Waals surface area contributed by atoms with Crippen LogP contribution in [0.15, 0.2) is 35.0 Å². The quantitative estimate of drug-likeness (QED) is 0.684. The van der Waals surface area contributed by atoms with Crippen LogP contribution >= 0.6 is 11.3 Å². The molecule has 25 heavy (non-hydrogen) atoms. The van der Waals surface area contributed by atoms with Crippen molar-refractivity contribution in [2.75, 3.05) is 5.32 Å². The molecule has 0 aliphatic rings. The Morgan fingerprint density at radius 3 is 2.40 bits per heavy atom. The van der Waals surface area contributed by atoms with E-state index in [4.69, 9.17) is 0 Å². The Kier molecular flexibility index (Phi) is 5.83. The Hall–Kier alpha value is -1.55. The van der Waals surface area contributed by atoms with Crippen molar-refractivity contribution in [2.45, 2.75) is 54.7 Å². The van der Waals surface area contributed by atoms with Gasteiger partial charge in [0.05, 0.1) is 5.56 Å². The molecule has 0 unspecified atom stereocenters. The molecule has 4 heteroatoms. The van der Waals surface area contributed by atoms with E-state index in [1.165, 1.54) is 22.4 Å². The first-order valence-electron chi connectivity index (χ1n) is 8.95. The number of anilines is 1. The Labute approximate surface area is 157 Å². The summed E-state index contributed by atoms with van der Waals surface area (Å²) in [7, 11) is 0.